The molecule has 0 aromatic carbocycles. The number of hydrogen-bond donors (Lipinski definition) is 1. The predicted molar refractivity (Wildman–Crippen MR) is 56.1 cm³/mol. The summed E-state index contributed by atoms with van der Waals surface area (Å²) in [4.78, 5) is 10.8. The highest BCUT2D eigenvalue weighted by molar-refractivity contribution is 5.71. The van der Waals surface area contributed by atoms with Crippen molar-refractivity contribution in [3.63, 3.8) is 0 Å². The Labute approximate surface area is 86.2 Å². The molecule has 1 fully saturated rings. The molecule has 0 saturated heterocycles. The average Bonchev–Trinajstić information content (AvgIpc) is 2.46. The van der Waals surface area contributed by atoms with Crippen LogP contribution in [0.2, 0.25) is 0 Å². The first-order valence-corrected chi connectivity index (χ1v) is 5.60. The summed E-state index contributed by atoms with van der Waals surface area (Å²) in [6.07, 6.45) is 8.10. The summed E-state index contributed by atoms with van der Waals surface area (Å²) < 4.78 is 4.56. The smallest absolute Gasteiger partial charge is 0.319 e. The molecule has 0 radical (unpaired) electrons. The van der Waals surface area contributed by atoms with Gasteiger partial charge in [0.2, 0.25) is 0 Å². The lowest BCUT2D eigenvalue weighted by Crippen LogP contribution is -2.28. The summed E-state index contributed by atoms with van der Waals surface area (Å²) >= 11 is 0. The van der Waals surface area contributed by atoms with Crippen LogP contribution in [0.25, 0.3) is 0 Å². The first kappa shape index (κ1) is 11.5. The molecule has 0 bridgehead atoms. The molecule has 1 aliphatic rings. The third kappa shape index (κ3) is 4.61. The number of rotatable bonds is 4. The molecule has 0 spiro atoms. The maximum Gasteiger partial charge on any atom is 0.319 e. The van der Waals surface area contributed by atoms with Crippen LogP contribution in [0.15, 0.2) is 0 Å². The normalized spacial score (nSPS) is 18.9. The van der Waals surface area contributed by atoms with Crippen molar-refractivity contribution in [2.45, 2.75) is 38.5 Å². The molecule has 3 heteroatoms. The number of hydrogen-bond acceptors (Lipinski definition) is 3. The molecule has 82 valence electrons. The molecule has 0 aromatic rings. The second kappa shape index (κ2) is 6.82. The number of ether oxygens (including phenoxy) is 1. The van der Waals surface area contributed by atoms with Crippen LogP contribution in [0, 0.1) is 5.92 Å². The van der Waals surface area contributed by atoms with Crippen LogP contribution >= 0.6 is 0 Å². The monoisotopic (exact) mass is 199 g/mol. The van der Waals surface area contributed by atoms with Crippen LogP contribution in [-0.4, -0.2) is 26.2 Å². The van der Waals surface area contributed by atoms with Gasteiger partial charge >= 0.3 is 5.97 Å². The lowest BCUT2D eigenvalue weighted by Gasteiger charge is -2.13. The quantitative estimate of drug-likeness (QED) is 0.553. The Morgan fingerprint density at radius 2 is 1.93 bits per heavy atom. The zero-order chi connectivity index (χ0) is 10.2. The van der Waals surface area contributed by atoms with E-state index >= 15 is 0 Å². The van der Waals surface area contributed by atoms with Gasteiger partial charge in [-0.05, 0) is 25.3 Å². The molecule has 0 atom stereocenters. The first-order chi connectivity index (χ1) is 6.83. The SMILES string of the molecule is COC(=O)CNCC1CCCCCC1. The minimum Gasteiger partial charge on any atom is -0.468 e. The van der Waals surface area contributed by atoms with Crippen LogP contribution in [0.3, 0.4) is 0 Å². The van der Waals surface area contributed by atoms with Gasteiger partial charge in [-0.3, -0.25) is 4.79 Å². The van der Waals surface area contributed by atoms with Crippen LogP contribution in [0.1, 0.15) is 38.5 Å². The van der Waals surface area contributed by atoms with E-state index in [9.17, 15) is 4.79 Å². The molecule has 0 amide bonds. The molecule has 0 aliphatic heterocycles. The molecule has 1 rings (SSSR count). The molecule has 0 aromatic heterocycles. The van der Waals surface area contributed by atoms with E-state index in [1.54, 1.807) is 0 Å². The van der Waals surface area contributed by atoms with Gasteiger partial charge in [0.15, 0.2) is 0 Å². The molecule has 1 N–H and O–H groups in total. The summed E-state index contributed by atoms with van der Waals surface area (Å²) in [6, 6.07) is 0. The van der Waals surface area contributed by atoms with Crippen molar-refractivity contribution in [2.75, 3.05) is 20.2 Å². The Kier molecular flexibility index (Phi) is 5.60. The molecule has 1 saturated carbocycles. The van der Waals surface area contributed by atoms with Crippen molar-refractivity contribution >= 4 is 5.97 Å². The minimum absolute atomic E-state index is 0.168. The zero-order valence-corrected chi connectivity index (χ0v) is 9.05. The standard InChI is InChI=1S/C11H21NO2/c1-14-11(13)9-12-8-10-6-4-2-3-5-7-10/h10,12H,2-9H2,1H3. The largest absolute Gasteiger partial charge is 0.468 e. The number of carbonyl (C=O) groups is 1. The van der Waals surface area contributed by atoms with Crippen molar-refractivity contribution in [1.29, 1.82) is 0 Å². The number of methoxy groups -OCH3 is 1. The first-order valence-electron chi connectivity index (χ1n) is 5.60. The Bertz CT molecular complexity index is 163. The van der Waals surface area contributed by atoms with Gasteiger partial charge in [-0.25, -0.2) is 0 Å². The van der Waals surface area contributed by atoms with Crippen molar-refractivity contribution in [2.24, 2.45) is 5.92 Å². The lowest BCUT2D eigenvalue weighted by molar-refractivity contribution is -0.139. The van der Waals surface area contributed by atoms with Crippen LogP contribution in [0.5, 0.6) is 0 Å². The Hall–Kier alpha value is -0.570. The van der Waals surface area contributed by atoms with E-state index in [1.165, 1.54) is 45.6 Å². The summed E-state index contributed by atoms with van der Waals surface area (Å²) in [5, 5.41) is 3.16. The van der Waals surface area contributed by atoms with Crippen LogP contribution < -0.4 is 5.32 Å². The molecule has 0 heterocycles. The maximum atomic E-state index is 10.8. The van der Waals surface area contributed by atoms with Gasteiger partial charge in [0, 0.05) is 0 Å². The molecular formula is C11H21NO2. The van der Waals surface area contributed by atoms with Crippen molar-refractivity contribution < 1.29 is 9.53 Å². The predicted octanol–water partition coefficient (Wildman–Crippen LogP) is 1.72. The van der Waals surface area contributed by atoms with Crippen molar-refractivity contribution in [3.05, 3.63) is 0 Å². The fourth-order valence-corrected chi connectivity index (χ4v) is 2.02. The van der Waals surface area contributed by atoms with Crippen molar-refractivity contribution in [1.82, 2.24) is 5.32 Å². The van der Waals surface area contributed by atoms with Crippen LogP contribution in [0.4, 0.5) is 0 Å². The summed E-state index contributed by atoms with van der Waals surface area (Å²) in [7, 11) is 1.43. The Balaban J connectivity index is 2.07. The highest BCUT2D eigenvalue weighted by atomic mass is 16.5. The average molecular weight is 199 g/mol. The lowest BCUT2D eigenvalue weighted by atomic mass is 10.0. The van der Waals surface area contributed by atoms with E-state index in [-0.39, 0.29) is 5.97 Å². The van der Waals surface area contributed by atoms with Crippen molar-refractivity contribution in [3.8, 4) is 0 Å². The third-order valence-corrected chi connectivity index (χ3v) is 2.90. The molecule has 14 heavy (non-hydrogen) atoms. The maximum absolute atomic E-state index is 10.8. The van der Waals surface area contributed by atoms with E-state index in [0.717, 1.165) is 12.5 Å². The van der Waals surface area contributed by atoms with Crippen LogP contribution in [-0.2, 0) is 9.53 Å². The Morgan fingerprint density at radius 1 is 1.29 bits per heavy atom. The number of carbonyl (C=O) groups excluding carboxylic acids is 1. The Morgan fingerprint density at radius 3 is 2.50 bits per heavy atom. The fourth-order valence-electron chi connectivity index (χ4n) is 2.02. The second-order valence-corrected chi connectivity index (χ2v) is 4.06. The van der Waals surface area contributed by atoms with Gasteiger partial charge in [-0.2, -0.15) is 0 Å². The summed E-state index contributed by atoms with van der Waals surface area (Å²) in [5.74, 6) is 0.598. The second-order valence-electron chi connectivity index (χ2n) is 4.06. The van der Waals surface area contributed by atoms with E-state index in [2.05, 4.69) is 10.1 Å². The van der Waals surface area contributed by atoms with Gasteiger partial charge in [-0.15, -0.1) is 0 Å². The zero-order valence-electron chi connectivity index (χ0n) is 9.05. The molecular weight excluding hydrogens is 178 g/mol. The van der Waals surface area contributed by atoms with E-state index in [4.69, 9.17) is 0 Å². The van der Waals surface area contributed by atoms with Gasteiger partial charge in [0.25, 0.3) is 0 Å². The topological polar surface area (TPSA) is 38.3 Å². The third-order valence-electron chi connectivity index (χ3n) is 2.90. The minimum atomic E-state index is -0.168. The molecule has 0 unspecified atom stereocenters. The van der Waals surface area contributed by atoms with Gasteiger partial charge < -0.3 is 10.1 Å². The van der Waals surface area contributed by atoms with E-state index in [0.29, 0.717) is 6.54 Å². The molecule has 3 nitrogen and oxygen atoms in total. The van der Waals surface area contributed by atoms with Gasteiger partial charge in [0.05, 0.1) is 13.7 Å². The number of nitrogens with one attached hydrogen (secondary N) is 1. The summed E-state index contributed by atoms with van der Waals surface area (Å²) in [6.45, 7) is 1.32. The fraction of sp³-hybridized carbons (Fsp3) is 0.909. The van der Waals surface area contributed by atoms with Gasteiger partial charge in [-0.1, -0.05) is 25.7 Å². The highest BCUT2D eigenvalue weighted by Crippen LogP contribution is 2.21. The van der Waals surface area contributed by atoms with Gasteiger partial charge in [0.1, 0.15) is 0 Å². The summed E-state index contributed by atoms with van der Waals surface area (Å²) in [5.41, 5.74) is 0. The molecule has 1 aliphatic carbocycles. The highest BCUT2D eigenvalue weighted by Gasteiger charge is 2.12. The number of esters is 1. The van der Waals surface area contributed by atoms with E-state index in [1.807, 2.05) is 0 Å². The van der Waals surface area contributed by atoms with E-state index < -0.39 is 0 Å².